The quantitative estimate of drug-likeness (QED) is 0.343. The van der Waals surface area contributed by atoms with Gasteiger partial charge in [-0.05, 0) is 17.2 Å². The van der Waals surface area contributed by atoms with Crippen molar-refractivity contribution in [2.24, 2.45) is 4.99 Å². The van der Waals surface area contributed by atoms with E-state index >= 15 is 0 Å². The zero-order valence-electron chi connectivity index (χ0n) is 16.8. The highest BCUT2D eigenvalue weighted by Crippen LogP contribution is 2.18. The van der Waals surface area contributed by atoms with Crippen LogP contribution >= 0.6 is 0 Å². The minimum atomic E-state index is -4.33. The number of nitrogens with one attached hydrogen (secondary N) is 2. The number of para-hydroxylation sites is 1. The van der Waals surface area contributed by atoms with Crippen LogP contribution < -0.4 is 15.4 Å². The number of ether oxygens (including phenoxy) is 2. The first-order valence-corrected chi connectivity index (χ1v) is 9.39. The van der Waals surface area contributed by atoms with Gasteiger partial charge < -0.3 is 20.1 Å². The SMILES string of the molecule is C=CCOc1ccccc1CNC(=NC)NCc1cccc(COCC(F)(F)F)c1. The van der Waals surface area contributed by atoms with E-state index in [0.29, 0.717) is 31.2 Å². The minimum Gasteiger partial charge on any atom is -0.489 e. The average Bonchev–Trinajstić information content (AvgIpc) is 2.72. The summed E-state index contributed by atoms with van der Waals surface area (Å²) in [4.78, 5) is 4.20. The Hall–Kier alpha value is -3.00. The summed E-state index contributed by atoms with van der Waals surface area (Å²) in [5, 5.41) is 6.41. The summed E-state index contributed by atoms with van der Waals surface area (Å²) in [6, 6.07) is 14.9. The first kappa shape index (κ1) is 23.3. The smallest absolute Gasteiger partial charge is 0.411 e. The van der Waals surface area contributed by atoms with Crippen LogP contribution in [0.4, 0.5) is 13.2 Å². The third-order valence-corrected chi connectivity index (χ3v) is 3.98. The van der Waals surface area contributed by atoms with Crippen molar-refractivity contribution in [2.75, 3.05) is 20.3 Å². The number of hydrogen-bond acceptors (Lipinski definition) is 3. The molecule has 162 valence electrons. The van der Waals surface area contributed by atoms with Crippen molar-refractivity contribution < 1.29 is 22.6 Å². The molecule has 0 heterocycles. The maximum atomic E-state index is 12.2. The van der Waals surface area contributed by atoms with Gasteiger partial charge in [0.15, 0.2) is 5.96 Å². The Morgan fingerprint density at radius 1 is 1.07 bits per heavy atom. The molecule has 2 rings (SSSR count). The van der Waals surface area contributed by atoms with Gasteiger partial charge in [0.1, 0.15) is 19.0 Å². The largest absolute Gasteiger partial charge is 0.489 e. The lowest BCUT2D eigenvalue weighted by Gasteiger charge is -2.15. The Morgan fingerprint density at radius 2 is 1.80 bits per heavy atom. The molecule has 0 aliphatic heterocycles. The summed E-state index contributed by atoms with van der Waals surface area (Å²) in [5.41, 5.74) is 2.56. The van der Waals surface area contributed by atoms with Crippen molar-refractivity contribution in [1.82, 2.24) is 10.6 Å². The van der Waals surface area contributed by atoms with Gasteiger partial charge in [-0.15, -0.1) is 0 Å². The highest BCUT2D eigenvalue weighted by atomic mass is 19.4. The fourth-order valence-electron chi connectivity index (χ4n) is 2.64. The average molecular weight is 421 g/mol. The Kier molecular flexibility index (Phi) is 9.21. The number of rotatable bonds is 10. The maximum absolute atomic E-state index is 12.2. The molecule has 0 spiro atoms. The predicted molar refractivity (Wildman–Crippen MR) is 111 cm³/mol. The van der Waals surface area contributed by atoms with Crippen LogP contribution in [-0.4, -0.2) is 32.4 Å². The second-order valence-electron chi connectivity index (χ2n) is 6.41. The van der Waals surface area contributed by atoms with Crippen molar-refractivity contribution >= 4 is 5.96 Å². The number of aliphatic imine (C=N–C) groups is 1. The summed E-state index contributed by atoms with van der Waals surface area (Å²) in [5.74, 6) is 1.36. The van der Waals surface area contributed by atoms with Gasteiger partial charge in [0.05, 0.1) is 6.61 Å². The van der Waals surface area contributed by atoms with Gasteiger partial charge in [0.25, 0.3) is 0 Å². The van der Waals surface area contributed by atoms with E-state index in [0.717, 1.165) is 16.9 Å². The molecule has 0 fully saturated rings. The number of benzene rings is 2. The zero-order valence-corrected chi connectivity index (χ0v) is 16.8. The van der Waals surface area contributed by atoms with E-state index in [2.05, 4.69) is 22.2 Å². The van der Waals surface area contributed by atoms with Crippen LogP contribution in [0.25, 0.3) is 0 Å². The van der Waals surface area contributed by atoms with Crippen LogP contribution in [0.1, 0.15) is 16.7 Å². The lowest BCUT2D eigenvalue weighted by atomic mass is 10.1. The molecule has 2 aromatic rings. The van der Waals surface area contributed by atoms with E-state index in [1.165, 1.54) is 0 Å². The Balaban J connectivity index is 1.86. The van der Waals surface area contributed by atoms with E-state index in [1.807, 2.05) is 30.3 Å². The summed E-state index contributed by atoms with van der Waals surface area (Å²) >= 11 is 0. The molecular formula is C22H26F3N3O2. The number of nitrogens with zero attached hydrogens (tertiary/aromatic N) is 1. The highest BCUT2D eigenvalue weighted by Gasteiger charge is 2.27. The Labute approximate surface area is 174 Å². The summed E-state index contributed by atoms with van der Waals surface area (Å²) in [6.07, 6.45) is -2.64. The van der Waals surface area contributed by atoms with Crippen LogP contribution in [-0.2, 0) is 24.4 Å². The summed E-state index contributed by atoms with van der Waals surface area (Å²) in [6.45, 7) is 3.69. The summed E-state index contributed by atoms with van der Waals surface area (Å²) in [7, 11) is 1.66. The molecule has 8 heteroatoms. The minimum absolute atomic E-state index is 0.0954. The van der Waals surface area contributed by atoms with Gasteiger partial charge in [0, 0.05) is 25.7 Å². The van der Waals surface area contributed by atoms with Crippen LogP contribution in [0.2, 0.25) is 0 Å². The van der Waals surface area contributed by atoms with E-state index in [1.54, 1.807) is 31.3 Å². The number of hydrogen-bond donors (Lipinski definition) is 2. The van der Waals surface area contributed by atoms with Gasteiger partial charge in [-0.25, -0.2) is 0 Å². The molecule has 0 saturated heterocycles. The lowest BCUT2D eigenvalue weighted by Crippen LogP contribution is -2.36. The van der Waals surface area contributed by atoms with E-state index in [4.69, 9.17) is 9.47 Å². The molecule has 30 heavy (non-hydrogen) atoms. The second-order valence-corrected chi connectivity index (χ2v) is 6.41. The molecule has 0 amide bonds. The van der Waals surface area contributed by atoms with Crippen molar-refractivity contribution in [3.63, 3.8) is 0 Å². The van der Waals surface area contributed by atoms with Gasteiger partial charge in [0.2, 0.25) is 0 Å². The van der Waals surface area contributed by atoms with Crippen LogP contribution in [0.3, 0.4) is 0 Å². The fourth-order valence-corrected chi connectivity index (χ4v) is 2.64. The molecule has 0 aliphatic rings. The fraction of sp³-hybridized carbons (Fsp3) is 0.318. The number of halogens is 3. The zero-order chi connectivity index (χ0) is 21.8. The number of guanidine groups is 1. The molecule has 5 nitrogen and oxygen atoms in total. The second kappa shape index (κ2) is 11.9. The van der Waals surface area contributed by atoms with Gasteiger partial charge in [-0.1, -0.05) is 55.1 Å². The van der Waals surface area contributed by atoms with Crippen LogP contribution in [0.15, 0.2) is 66.2 Å². The van der Waals surface area contributed by atoms with E-state index in [-0.39, 0.29) is 6.61 Å². The maximum Gasteiger partial charge on any atom is 0.411 e. The van der Waals surface area contributed by atoms with E-state index in [9.17, 15) is 13.2 Å². The monoisotopic (exact) mass is 421 g/mol. The highest BCUT2D eigenvalue weighted by molar-refractivity contribution is 5.79. The molecular weight excluding hydrogens is 395 g/mol. The van der Waals surface area contributed by atoms with E-state index < -0.39 is 12.8 Å². The molecule has 0 aromatic heterocycles. The van der Waals surface area contributed by atoms with Crippen molar-refractivity contribution in [3.05, 3.63) is 77.9 Å². The van der Waals surface area contributed by atoms with Gasteiger partial charge in [-0.3, -0.25) is 4.99 Å². The predicted octanol–water partition coefficient (Wildman–Crippen LogP) is 4.20. The van der Waals surface area contributed by atoms with Gasteiger partial charge in [-0.2, -0.15) is 13.2 Å². The molecule has 0 saturated carbocycles. The molecule has 2 N–H and O–H groups in total. The Bertz CT molecular complexity index is 838. The van der Waals surface area contributed by atoms with Crippen LogP contribution in [0, 0.1) is 0 Å². The first-order chi connectivity index (χ1) is 14.4. The molecule has 0 aliphatic carbocycles. The molecule has 2 aromatic carbocycles. The molecule has 0 atom stereocenters. The normalized spacial score (nSPS) is 11.8. The third-order valence-electron chi connectivity index (χ3n) is 3.98. The Morgan fingerprint density at radius 3 is 2.53 bits per heavy atom. The summed E-state index contributed by atoms with van der Waals surface area (Å²) < 4.78 is 47.0. The lowest BCUT2D eigenvalue weighted by molar-refractivity contribution is -0.176. The van der Waals surface area contributed by atoms with Crippen molar-refractivity contribution in [1.29, 1.82) is 0 Å². The topological polar surface area (TPSA) is 54.9 Å². The van der Waals surface area contributed by atoms with Crippen molar-refractivity contribution in [3.8, 4) is 5.75 Å². The van der Waals surface area contributed by atoms with Gasteiger partial charge >= 0.3 is 6.18 Å². The molecule has 0 radical (unpaired) electrons. The molecule has 0 unspecified atom stereocenters. The molecule has 0 bridgehead atoms. The van der Waals surface area contributed by atoms with Crippen LogP contribution in [0.5, 0.6) is 5.75 Å². The first-order valence-electron chi connectivity index (χ1n) is 9.39. The van der Waals surface area contributed by atoms with Crippen molar-refractivity contribution in [2.45, 2.75) is 25.9 Å². The third kappa shape index (κ3) is 8.57. The number of alkyl halides is 3. The standard InChI is InChI=1S/C22H26F3N3O2/c1-3-11-30-20-10-5-4-9-19(20)14-28-21(26-2)27-13-17-7-6-8-18(12-17)15-29-16-22(23,24)25/h3-10,12H,1,11,13-16H2,2H3,(H2,26,27,28).